The quantitative estimate of drug-likeness (QED) is 0.505. The van der Waals surface area contributed by atoms with Crippen LogP contribution in [0.1, 0.15) is 42.4 Å². The number of fused-ring (bicyclic) bond motifs is 1. The zero-order valence-electron chi connectivity index (χ0n) is 18.9. The Labute approximate surface area is 183 Å². The van der Waals surface area contributed by atoms with Crippen molar-refractivity contribution in [2.75, 3.05) is 19.8 Å². The Kier molecular flexibility index (Phi) is 7.36. The van der Waals surface area contributed by atoms with Crippen LogP contribution in [-0.2, 0) is 4.74 Å². The number of carbonyl (C=O) groups is 1. The van der Waals surface area contributed by atoms with Crippen LogP contribution in [-0.4, -0.2) is 47.5 Å². The van der Waals surface area contributed by atoms with Gasteiger partial charge in [0.05, 0.1) is 17.7 Å². The van der Waals surface area contributed by atoms with Gasteiger partial charge in [-0.1, -0.05) is 32.0 Å². The minimum atomic E-state index is -0.624. The van der Waals surface area contributed by atoms with Gasteiger partial charge in [-0.05, 0) is 50.6 Å². The third-order valence-electron chi connectivity index (χ3n) is 5.22. The highest BCUT2D eigenvalue weighted by atomic mass is 16.5. The van der Waals surface area contributed by atoms with E-state index in [1.54, 1.807) is 6.92 Å². The van der Waals surface area contributed by atoms with E-state index in [1.807, 2.05) is 57.2 Å². The van der Waals surface area contributed by atoms with Crippen molar-refractivity contribution < 1.29 is 19.4 Å². The van der Waals surface area contributed by atoms with Gasteiger partial charge in [-0.25, -0.2) is 4.79 Å². The Bertz CT molecular complexity index is 1060. The van der Waals surface area contributed by atoms with Gasteiger partial charge in [0.1, 0.15) is 18.5 Å². The fourth-order valence-electron chi connectivity index (χ4n) is 3.70. The molecular weight excluding hydrogens is 392 g/mol. The van der Waals surface area contributed by atoms with E-state index in [2.05, 4.69) is 22.9 Å². The summed E-state index contributed by atoms with van der Waals surface area (Å²) in [7, 11) is 0. The molecule has 166 valence electrons. The van der Waals surface area contributed by atoms with Crippen LogP contribution < -0.4 is 10.1 Å². The van der Waals surface area contributed by atoms with Crippen molar-refractivity contribution in [3.8, 4) is 11.4 Å². The highest BCUT2D eigenvalue weighted by Gasteiger charge is 2.23. The van der Waals surface area contributed by atoms with Crippen molar-refractivity contribution in [3.05, 3.63) is 59.3 Å². The van der Waals surface area contributed by atoms with Crippen molar-refractivity contribution in [1.82, 2.24) is 9.88 Å². The first-order chi connectivity index (χ1) is 14.8. The van der Waals surface area contributed by atoms with E-state index in [4.69, 9.17) is 9.47 Å². The second-order valence-corrected chi connectivity index (χ2v) is 8.01. The molecule has 1 heterocycles. The number of hydrogen-bond acceptors (Lipinski definition) is 5. The van der Waals surface area contributed by atoms with Crippen LogP contribution in [0.4, 0.5) is 0 Å². The summed E-state index contributed by atoms with van der Waals surface area (Å²) in [6.07, 6.45) is -0.624. The number of aryl methyl sites for hydroxylation is 1. The van der Waals surface area contributed by atoms with Crippen LogP contribution in [0.3, 0.4) is 0 Å². The molecule has 1 unspecified atom stereocenters. The molecule has 0 fully saturated rings. The van der Waals surface area contributed by atoms with Gasteiger partial charge in [0.15, 0.2) is 0 Å². The number of benzene rings is 2. The second kappa shape index (κ2) is 9.98. The predicted octanol–water partition coefficient (Wildman–Crippen LogP) is 4.16. The third kappa shape index (κ3) is 5.09. The Morgan fingerprint density at radius 1 is 1.16 bits per heavy atom. The number of aromatic nitrogens is 1. The average molecular weight is 425 g/mol. The van der Waals surface area contributed by atoms with E-state index < -0.39 is 6.10 Å². The summed E-state index contributed by atoms with van der Waals surface area (Å²) in [6, 6.07) is 14.0. The SMILES string of the molecule is CCOC(=O)c1c(C)n(-c2ccccc2C)c2ccc(OCC(O)CNC(C)C)cc12. The number of aliphatic hydroxyl groups is 1. The minimum absolute atomic E-state index is 0.164. The van der Waals surface area contributed by atoms with Gasteiger partial charge in [0.25, 0.3) is 0 Å². The molecule has 3 aromatic rings. The van der Waals surface area contributed by atoms with Gasteiger partial charge in [-0.2, -0.15) is 0 Å². The molecule has 0 saturated heterocycles. The summed E-state index contributed by atoms with van der Waals surface area (Å²) in [5.41, 5.74) is 4.39. The number of nitrogens with zero attached hydrogens (tertiary/aromatic N) is 1. The maximum Gasteiger partial charge on any atom is 0.340 e. The molecule has 0 bridgehead atoms. The average Bonchev–Trinajstić information content (AvgIpc) is 3.02. The maximum atomic E-state index is 12.8. The van der Waals surface area contributed by atoms with E-state index in [1.165, 1.54) is 0 Å². The molecule has 6 nitrogen and oxygen atoms in total. The van der Waals surface area contributed by atoms with Gasteiger partial charge in [-0.15, -0.1) is 0 Å². The smallest absolute Gasteiger partial charge is 0.340 e. The number of rotatable bonds is 9. The van der Waals surface area contributed by atoms with Crippen molar-refractivity contribution in [1.29, 1.82) is 0 Å². The lowest BCUT2D eigenvalue weighted by atomic mass is 10.1. The molecule has 1 atom stereocenters. The molecule has 0 aliphatic heterocycles. The van der Waals surface area contributed by atoms with Crippen LogP contribution >= 0.6 is 0 Å². The number of carbonyl (C=O) groups excluding carboxylic acids is 1. The fourth-order valence-corrected chi connectivity index (χ4v) is 3.70. The molecule has 2 aromatic carbocycles. The zero-order chi connectivity index (χ0) is 22.5. The lowest BCUT2D eigenvalue weighted by Crippen LogP contribution is -2.35. The van der Waals surface area contributed by atoms with Crippen LogP contribution in [0.25, 0.3) is 16.6 Å². The Hall–Kier alpha value is -2.83. The first-order valence-electron chi connectivity index (χ1n) is 10.8. The van der Waals surface area contributed by atoms with Gasteiger partial charge >= 0.3 is 5.97 Å². The molecule has 31 heavy (non-hydrogen) atoms. The van der Waals surface area contributed by atoms with E-state index in [-0.39, 0.29) is 12.6 Å². The molecule has 1 aromatic heterocycles. The fraction of sp³-hybridized carbons (Fsp3) is 0.400. The summed E-state index contributed by atoms with van der Waals surface area (Å²) in [4.78, 5) is 12.8. The van der Waals surface area contributed by atoms with Crippen molar-refractivity contribution in [2.24, 2.45) is 0 Å². The van der Waals surface area contributed by atoms with Gasteiger partial charge < -0.3 is 24.5 Å². The molecule has 0 radical (unpaired) electrons. The maximum absolute atomic E-state index is 12.8. The number of aliphatic hydroxyl groups excluding tert-OH is 1. The number of nitrogens with one attached hydrogen (secondary N) is 1. The number of hydrogen-bond donors (Lipinski definition) is 2. The van der Waals surface area contributed by atoms with E-state index in [0.29, 0.717) is 30.5 Å². The van der Waals surface area contributed by atoms with Crippen LogP contribution in [0.2, 0.25) is 0 Å². The molecule has 0 spiro atoms. The Balaban J connectivity index is 2.01. The molecule has 3 rings (SSSR count). The third-order valence-corrected chi connectivity index (χ3v) is 5.22. The van der Waals surface area contributed by atoms with Gasteiger partial charge in [-0.3, -0.25) is 0 Å². The van der Waals surface area contributed by atoms with Gasteiger partial charge in [0.2, 0.25) is 0 Å². The monoisotopic (exact) mass is 424 g/mol. The summed E-state index contributed by atoms with van der Waals surface area (Å²) in [6.45, 7) is 10.8. The van der Waals surface area contributed by atoms with Crippen molar-refractivity contribution in [2.45, 2.75) is 46.8 Å². The Morgan fingerprint density at radius 2 is 1.90 bits per heavy atom. The standard InChI is InChI=1S/C25H32N2O4/c1-6-30-25(29)24-18(5)27(22-10-8-7-9-17(22)4)23-12-11-20(13-21(23)24)31-15-19(28)14-26-16(2)3/h7-13,16,19,26,28H,6,14-15H2,1-5H3. The molecule has 0 aliphatic rings. The van der Waals surface area contributed by atoms with E-state index in [9.17, 15) is 9.90 Å². The summed E-state index contributed by atoms with van der Waals surface area (Å²) in [5, 5.41) is 14.1. The van der Waals surface area contributed by atoms with E-state index in [0.717, 1.165) is 27.8 Å². The second-order valence-electron chi connectivity index (χ2n) is 8.01. The first kappa shape index (κ1) is 22.8. The number of para-hydroxylation sites is 1. The summed E-state index contributed by atoms with van der Waals surface area (Å²) < 4.78 is 13.3. The molecular formula is C25H32N2O4. The van der Waals surface area contributed by atoms with Gasteiger partial charge in [0, 0.05) is 29.4 Å². The van der Waals surface area contributed by atoms with Crippen molar-refractivity contribution >= 4 is 16.9 Å². The largest absolute Gasteiger partial charge is 0.491 e. The van der Waals surface area contributed by atoms with Crippen LogP contribution in [0, 0.1) is 13.8 Å². The molecule has 0 aliphatic carbocycles. The van der Waals surface area contributed by atoms with E-state index >= 15 is 0 Å². The molecule has 2 N–H and O–H groups in total. The Morgan fingerprint density at radius 3 is 2.58 bits per heavy atom. The zero-order valence-corrected chi connectivity index (χ0v) is 18.9. The highest BCUT2D eigenvalue weighted by Crippen LogP contribution is 2.33. The predicted molar refractivity (Wildman–Crippen MR) is 123 cm³/mol. The highest BCUT2D eigenvalue weighted by molar-refractivity contribution is 6.07. The lowest BCUT2D eigenvalue weighted by Gasteiger charge is -2.15. The lowest BCUT2D eigenvalue weighted by molar-refractivity contribution is 0.0527. The normalized spacial score (nSPS) is 12.4. The number of esters is 1. The first-order valence-corrected chi connectivity index (χ1v) is 10.8. The van der Waals surface area contributed by atoms with Crippen molar-refractivity contribution in [3.63, 3.8) is 0 Å². The number of ether oxygens (including phenoxy) is 2. The summed E-state index contributed by atoms with van der Waals surface area (Å²) >= 11 is 0. The minimum Gasteiger partial charge on any atom is -0.491 e. The molecule has 0 amide bonds. The molecule has 0 saturated carbocycles. The van der Waals surface area contributed by atoms with Crippen LogP contribution in [0.5, 0.6) is 5.75 Å². The summed E-state index contributed by atoms with van der Waals surface area (Å²) in [5.74, 6) is 0.249. The van der Waals surface area contributed by atoms with Crippen LogP contribution in [0.15, 0.2) is 42.5 Å². The molecule has 6 heteroatoms. The topological polar surface area (TPSA) is 72.7 Å².